The summed E-state index contributed by atoms with van der Waals surface area (Å²) in [6.07, 6.45) is 0.765. The van der Waals surface area contributed by atoms with Crippen LogP contribution < -0.4 is 5.32 Å². The number of rotatable bonds is 5. The second-order valence-corrected chi connectivity index (χ2v) is 7.31. The van der Waals surface area contributed by atoms with E-state index in [4.69, 9.17) is 0 Å². The highest BCUT2D eigenvalue weighted by atomic mass is 32.2. The lowest BCUT2D eigenvalue weighted by Gasteiger charge is -2.19. The minimum atomic E-state index is -2.79. The molecule has 1 heterocycles. The summed E-state index contributed by atoms with van der Waals surface area (Å²) in [6, 6.07) is 10.3. The van der Waals surface area contributed by atoms with Crippen molar-refractivity contribution in [2.24, 2.45) is 0 Å². The highest BCUT2D eigenvalue weighted by molar-refractivity contribution is 7.91. The maximum Gasteiger partial charge on any atom is 0.151 e. The van der Waals surface area contributed by atoms with Crippen LogP contribution in [0.2, 0.25) is 0 Å². The van der Waals surface area contributed by atoms with Gasteiger partial charge >= 0.3 is 0 Å². The van der Waals surface area contributed by atoms with Gasteiger partial charge in [0.15, 0.2) is 9.84 Å². The summed E-state index contributed by atoms with van der Waals surface area (Å²) in [7, 11) is -2.79. The lowest BCUT2D eigenvalue weighted by atomic mass is 10.2. The van der Waals surface area contributed by atoms with Crippen LogP contribution in [0.3, 0.4) is 0 Å². The Morgan fingerprint density at radius 1 is 1.11 bits per heavy atom. The van der Waals surface area contributed by atoms with Crippen molar-refractivity contribution in [1.29, 1.82) is 0 Å². The van der Waals surface area contributed by atoms with E-state index in [0.29, 0.717) is 18.1 Å². The minimum absolute atomic E-state index is 0.311. The summed E-state index contributed by atoms with van der Waals surface area (Å²) in [5.74, 6) is 0.659. The number of sulfone groups is 1. The second-order valence-electron chi connectivity index (χ2n) is 5.01. The van der Waals surface area contributed by atoms with Gasteiger partial charge in [-0.25, -0.2) is 8.42 Å². The number of nitrogens with one attached hydrogen (secondary N) is 1. The monoisotopic (exact) mass is 282 g/mol. The van der Waals surface area contributed by atoms with Gasteiger partial charge in [0, 0.05) is 26.2 Å². The Morgan fingerprint density at radius 2 is 1.89 bits per heavy atom. The van der Waals surface area contributed by atoms with E-state index in [2.05, 4.69) is 22.3 Å². The molecule has 0 atom stereocenters. The summed E-state index contributed by atoms with van der Waals surface area (Å²) in [6.45, 7) is 4.26. The normalized spacial score (nSPS) is 20.0. The highest BCUT2D eigenvalue weighted by Gasteiger charge is 2.18. The van der Waals surface area contributed by atoms with Gasteiger partial charge in [-0.05, 0) is 18.5 Å². The minimum Gasteiger partial charge on any atom is -0.311 e. The van der Waals surface area contributed by atoms with Crippen molar-refractivity contribution in [2.45, 2.75) is 13.0 Å². The Kier molecular flexibility index (Phi) is 5.36. The molecule has 4 nitrogen and oxygen atoms in total. The van der Waals surface area contributed by atoms with Gasteiger partial charge < -0.3 is 10.2 Å². The van der Waals surface area contributed by atoms with Gasteiger partial charge in [0.2, 0.25) is 0 Å². The van der Waals surface area contributed by atoms with Crippen LogP contribution in [0.4, 0.5) is 0 Å². The number of benzene rings is 1. The topological polar surface area (TPSA) is 49.4 Å². The van der Waals surface area contributed by atoms with E-state index in [1.807, 2.05) is 18.2 Å². The van der Waals surface area contributed by atoms with Gasteiger partial charge in [0.25, 0.3) is 0 Å². The number of nitrogens with zero attached hydrogens (tertiary/aromatic N) is 1. The van der Waals surface area contributed by atoms with Gasteiger partial charge in [-0.15, -0.1) is 0 Å². The van der Waals surface area contributed by atoms with Gasteiger partial charge in [-0.1, -0.05) is 30.3 Å². The van der Waals surface area contributed by atoms with Crippen LogP contribution in [-0.4, -0.2) is 51.0 Å². The van der Waals surface area contributed by atoms with Crippen LogP contribution in [-0.2, 0) is 16.4 Å². The first-order chi connectivity index (χ1) is 9.16. The van der Waals surface area contributed by atoms with Crippen molar-refractivity contribution in [3.63, 3.8) is 0 Å². The lowest BCUT2D eigenvalue weighted by molar-refractivity contribution is 0.294. The molecule has 1 aliphatic heterocycles. The maximum atomic E-state index is 11.5. The molecule has 5 heteroatoms. The molecular weight excluding hydrogens is 260 g/mol. The first-order valence-corrected chi connectivity index (χ1v) is 8.65. The maximum absolute atomic E-state index is 11.5. The molecule has 0 amide bonds. The van der Waals surface area contributed by atoms with Crippen LogP contribution in [0.5, 0.6) is 0 Å². The Bertz CT molecular complexity index is 473. The van der Waals surface area contributed by atoms with Crippen LogP contribution >= 0.6 is 0 Å². The van der Waals surface area contributed by atoms with Gasteiger partial charge in [-0.3, -0.25) is 0 Å². The van der Waals surface area contributed by atoms with Gasteiger partial charge in [0.05, 0.1) is 11.5 Å². The zero-order valence-corrected chi connectivity index (χ0v) is 12.0. The Balaban J connectivity index is 1.66. The Hall–Kier alpha value is -0.910. The quantitative estimate of drug-likeness (QED) is 0.815. The number of hydrogen-bond acceptors (Lipinski definition) is 4. The summed E-state index contributed by atoms with van der Waals surface area (Å²) >= 11 is 0. The molecule has 0 unspecified atom stereocenters. The molecule has 0 aromatic heterocycles. The summed E-state index contributed by atoms with van der Waals surface area (Å²) in [4.78, 5) is 2.24. The first kappa shape index (κ1) is 14.5. The molecule has 0 saturated carbocycles. The predicted molar refractivity (Wildman–Crippen MR) is 77.9 cm³/mol. The zero-order valence-electron chi connectivity index (χ0n) is 11.2. The molecule has 19 heavy (non-hydrogen) atoms. The molecule has 2 rings (SSSR count). The Morgan fingerprint density at radius 3 is 2.68 bits per heavy atom. The van der Waals surface area contributed by atoms with Crippen molar-refractivity contribution < 1.29 is 8.42 Å². The standard InChI is InChI=1S/C14H22N2O2S/c17-19(18)11-4-8-16(10-12-19)9-7-15-13-14-5-2-1-3-6-14/h1-3,5-6,15H,4,7-13H2. The van der Waals surface area contributed by atoms with E-state index < -0.39 is 9.84 Å². The van der Waals surface area contributed by atoms with Crippen molar-refractivity contribution in [3.05, 3.63) is 35.9 Å². The third-order valence-electron chi connectivity index (χ3n) is 3.42. The fourth-order valence-corrected chi connectivity index (χ4v) is 3.59. The molecule has 0 spiro atoms. The lowest BCUT2D eigenvalue weighted by Crippen LogP contribution is -2.34. The zero-order chi connectivity index (χ0) is 13.6. The molecule has 0 bridgehead atoms. The van der Waals surface area contributed by atoms with Crippen molar-refractivity contribution in [1.82, 2.24) is 10.2 Å². The van der Waals surface area contributed by atoms with Crippen molar-refractivity contribution in [3.8, 4) is 0 Å². The number of hydrogen-bond donors (Lipinski definition) is 1. The van der Waals surface area contributed by atoms with Gasteiger partial charge in [0.1, 0.15) is 0 Å². The average molecular weight is 282 g/mol. The molecule has 1 fully saturated rings. The van der Waals surface area contributed by atoms with E-state index in [1.165, 1.54) is 5.56 Å². The SMILES string of the molecule is O=S1(=O)CCCN(CCNCc2ccccc2)CC1. The highest BCUT2D eigenvalue weighted by Crippen LogP contribution is 2.04. The van der Waals surface area contributed by atoms with Crippen LogP contribution in [0.1, 0.15) is 12.0 Å². The Labute approximate surface area is 115 Å². The summed E-state index contributed by atoms with van der Waals surface area (Å²) in [5, 5.41) is 3.40. The van der Waals surface area contributed by atoms with E-state index >= 15 is 0 Å². The summed E-state index contributed by atoms with van der Waals surface area (Å²) < 4.78 is 23.0. The van der Waals surface area contributed by atoms with E-state index in [0.717, 1.165) is 32.6 Å². The van der Waals surface area contributed by atoms with Crippen LogP contribution in [0.25, 0.3) is 0 Å². The van der Waals surface area contributed by atoms with E-state index in [1.54, 1.807) is 0 Å². The third kappa shape index (κ3) is 5.30. The molecule has 1 N–H and O–H groups in total. The average Bonchev–Trinajstić information content (AvgIpc) is 2.57. The van der Waals surface area contributed by atoms with E-state index in [9.17, 15) is 8.42 Å². The van der Waals surface area contributed by atoms with Crippen LogP contribution in [0.15, 0.2) is 30.3 Å². The molecule has 1 saturated heterocycles. The van der Waals surface area contributed by atoms with Gasteiger partial charge in [-0.2, -0.15) is 0 Å². The smallest absolute Gasteiger partial charge is 0.151 e. The molecule has 0 aliphatic carbocycles. The third-order valence-corrected chi connectivity index (χ3v) is 5.14. The fraction of sp³-hybridized carbons (Fsp3) is 0.571. The van der Waals surface area contributed by atoms with Crippen molar-refractivity contribution >= 4 is 9.84 Å². The molecule has 0 radical (unpaired) electrons. The summed E-state index contributed by atoms with van der Waals surface area (Å²) in [5.41, 5.74) is 1.28. The fourth-order valence-electron chi connectivity index (χ4n) is 2.28. The molecule has 1 aliphatic rings. The second kappa shape index (κ2) is 7.03. The largest absolute Gasteiger partial charge is 0.311 e. The van der Waals surface area contributed by atoms with Crippen LogP contribution in [0, 0.1) is 0 Å². The van der Waals surface area contributed by atoms with E-state index in [-0.39, 0.29) is 0 Å². The molecule has 1 aromatic rings. The first-order valence-electron chi connectivity index (χ1n) is 6.83. The predicted octanol–water partition coefficient (Wildman–Crippen LogP) is 0.897. The molecule has 1 aromatic carbocycles. The molecular formula is C14H22N2O2S. The molecule has 106 valence electrons. The van der Waals surface area contributed by atoms with Crippen molar-refractivity contribution in [2.75, 3.05) is 37.7 Å².